The summed E-state index contributed by atoms with van der Waals surface area (Å²) in [5, 5.41) is 0. The number of rotatable bonds is 8. The number of aliphatic imine (C=N–C) groups is 2. The number of nitrogens with zero attached hydrogens (tertiary/aromatic N) is 3. The summed E-state index contributed by atoms with van der Waals surface area (Å²) in [6.07, 6.45) is 7.61. The van der Waals surface area contributed by atoms with E-state index in [2.05, 4.69) is 64.1 Å². The Labute approximate surface area is 180 Å². The molecule has 0 radical (unpaired) electrons. The molecule has 30 heavy (non-hydrogen) atoms. The number of para-hydroxylation sites is 2. The third kappa shape index (κ3) is 5.10. The number of hydrogen-bond acceptors (Lipinski definition) is 3. The lowest BCUT2D eigenvalue weighted by Gasteiger charge is -2.08. The van der Waals surface area contributed by atoms with Gasteiger partial charge >= 0.3 is 0 Å². The maximum atomic E-state index is 4.80. The maximum Gasteiger partial charge on any atom is 0.0820 e. The highest BCUT2D eigenvalue weighted by Gasteiger charge is 2.06. The highest BCUT2D eigenvalue weighted by Crippen LogP contribution is 2.26. The van der Waals surface area contributed by atoms with Crippen LogP contribution in [-0.2, 0) is 25.7 Å². The van der Waals surface area contributed by atoms with Gasteiger partial charge in [-0.3, -0.25) is 9.98 Å². The highest BCUT2D eigenvalue weighted by molar-refractivity contribution is 5.85. The Bertz CT molecular complexity index is 922. The average Bonchev–Trinajstić information content (AvgIpc) is 2.80. The van der Waals surface area contributed by atoms with Crippen molar-refractivity contribution in [2.75, 3.05) is 0 Å². The molecular weight excluding hydrogens is 366 g/mol. The molecule has 0 bridgehead atoms. The summed E-state index contributed by atoms with van der Waals surface area (Å²) in [5.41, 5.74) is 8.91. The first-order valence-corrected chi connectivity index (χ1v) is 11.0. The molecule has 3 aromatic rings. The van der Waals surface area contributed by atoms with Crippen molar-refractivity contribution in [2.45, 2.75) is 53.4 Å². The third-order valence-electron chi connectivity index (χ3n) is 5.37. The Morgan fingerprint density at radius 2 is 0.900 bits per heavy atom. The summed E-state index contributed by atoms with van der Waals surface area (Å²) in [6.45, 7) is 8.67. The largest absolute Gasteiger partial charge is 0.254 e. The molecule has 0 atom stereocenters. The number of aryl methyl sites for hydroxylation is 4. The monoisotopic (exact) mass is 397 g/mol. The predicted molar refractivity (Wildman–Crippen MR) is 129 cm³/mol. The topological polar surface area (TPSA) is 37.6 Å². The molecule has 0 aliphatic rings. The Morgan fingerprint density at radius 3 is 1.23 bits per heavy atom. The van der Waals surface area contributed by atoms with Gasteiger partial charge < -0.3 is 0 Å². The van der Waals surface area contributed by atoms with E-state index in [1.54, 1.807) is 0 Å². The standard InChI is InChI=1S/C27H31N3/c1-5-20-12-9-13-21(6-2)26(20)28-18-24-16-11-17-25(30-24)19-29-27-22(7-3)14-10-15-23(27)8-4/h9-19H,5-8H2,1-4H3/b28-18+,29-19+. The van der Waals surface area contributed by atoms with Crippen LogP contribution in [0, 0.1) is 0 Å². The van der Waals surface area contributed by atoms with E-state index in [-0.39, 0.29) is 0 Å². The first-order chi connectivity index (χ1) is 14.7. The second kappa shape index (κ2) is 10.6. The predicted octanol–water partition coefficient (Wildman–Crippen LogP) is 6.83. The molecule has 0 amide bonds. The Hall–Kier alpha value is -3.07. The Morgan fingerprint density at radius 1 is 0.567 bits per heavy atom. The fourth-order valence-corrected chi connectivity index (χ4v) is 3.64. The van der Waals surface area contributed by atoms with Crippen molar-refractivity contribution in [3.05, 3.63) is 88.2 Å². The molecule has 0 unspecified atom stereocenters. The van der Waals surface area contributed by atoms with E-state index >= 15 is 0 Å². The van der Waals surface area contributed by atoms with Crippen LogP contribution in [0.5, 0.6) is 0 Å². The molecular formula is C27H31N3. The molecule has 3 heteroatoms. The molecule has 0 spiro atoms. The molecule has 0 saturated heterocycles. The van der Waals surface area contributed by atoms with Crippen LogP contribution in [0.4, 0.5) is 11.4 Å². The summed E-state index contributed by atoms with van der Waals surface area (Å²) < 4.78 is 0. The van der Waals surface area contributed by atoms with E-state index in [9.17, 15) is 0 Å². The minimum Gasteiger partial charge on any atom is -0.254 e. The van der Waals surface area contributed by atoms with Gasteiger partial charge in [-0.1, -0.05) is 70.2 Å². The van der Waals surface area contributed by atoms with E-state index in [4.69, 9.17) is 15.0 Å². The second-order valence-corrected chi connectivity index (χ2v) is 7.27. The van der Waals surface area contributed by atoms with Gasteiger partial charge in [-0.25, -0.2) is 4.98 Å². The van der Waals surface area contributed by atoms with Crippen LogP contribution in [0.3, 0.4) is 0 Å². The molecule has 0 aliphatic carbocycles. The molecule has 0 fully saturated rings. The van der Waals surface area contributed by atoms with Gasteiger partial charge in [-0.15, -0.1) is 0 Å². The van der Waals surface area contributed by atoms with Gasteiger partial charge in [0.2, 0.25) is 0 Å². The highest BCUT2D eigenvalue weighted by atomic mass is 14.8. The van der Waals surface area contributed by atoms with Crippen molar-refractivity contribution in [1.29, 1.82) is 0 Å². The van der Waals surface area contributed by atoms with E-state index in [1.807, 2.05) is 30.6 Å². The van der Waals surface area contributed by atoms with Crippen LogP contribution in [0.25, 0.3) is 0 Å². The smallest absolute Gasteiger partial charge is 0.0820 e. The van der Waals surface area contributed by atoms with Gasteiger partial charge in [-0.05, 0) is 60.1 Å². The van der Waals surface area contributed by atoms with Gasteiger partial charge in [0.1, 0.15) is 0 Å². The van der Waals surface area contributed by atoms with Gasteiger partial charge in [0.15, 0.2) is 0 Å². The fraction of sp³-hybridized carbons (Fsp3) is 0.296. The van der Waals surface area contributed by atoms with Crippen LogP contribution < -0.4 is 0 Å². The van der Waals surface area contributed by atoms with E-state index in [0.29, 0.717) is 0 Å². The van der Waals surface area contributed by atoms with Crippen molar-refractivity contribution in [3.8, 4) is 0 Å². The number of hydrogen-bond donors (Lipinski definition) is 0. The summed E-state index contributed by atoms with van der Waals surface area (Å²) in [7, 11) is 0. The van der Waals surface area contributed by atoms with Crippen molar-refractivity contribution in [2.24, 2.45) is 9.98 Å². The van der Waals surface area contributed by atoms with Crippen molar-refractivity contribution >= 4 is 23.8 Å². The molecule has 154 valence electrons. The molecule has 0 N–H and O–H groups in total. The molecule has 1 heterocycles. The first-order valence-electron chi connectivity index (χ1n) is 11.0. The van der Waals surface area contributed by atoms with Crippen molar-refractivity contribution in [1.82, 2.24) is 4.98 Å². The Kier molecular flexibility index (Phi) is 7.67. The Balaban J connectivity index is 1.88. The molecule has 1 aromatic heterocycles. The quantitative estimate of drug-likeness (QED) is 0.384. The van der Waals surface area contributed by atoms with Crippen LogP contribution >= 0.6 is 0 Å². The minimum absolute atomic E-state index is 0.839. The van der Waals surface area contributed by atoms with E-state index in [1.165, 1.54) is 22.3 Å². The molecule has 2 aromatic carbocycles. The lowest BCUT2D eigenvalue weighted by atomic mass is 10.0. The summed E-state index contributed by atoms with van der Waals surface area (Å²) in [5.74, 6) is 0. The molecule has 0 aliphatic heterocycles. The lowest BCUT2D eigenvalue weighted by molar-refractivity contribution is 1.08. The zero-order chi connectivity index (χ0) is 21.3. The summed E-state index contributed by atoms with van der Waals surface area (Å²) in [6, 6.07) is 18.8. The average molecular weight is 398 g/mol. The molecule has 3 rings (SSSR count). The normalized spacial score (nSPS) is 11.6. The number of pyridine rings is 1. The van der Waals surface area contributed by atoms with E-state index < -0.39 is 0 Å². The van der Waals surface area contributed by atoms with Gasteiger partial charge in [0, 0.05) is 0 Å². The minimum atomic E-state index is 0.839. The van der Waals surface area contributed by atoms with Crippen LogP contribution in [0.2, 0.25) is 0 Å². The van der Waals surface area contributed by atoms with Crippen LogP contribution in [-0.4, -0.2) is 17.4 Å². The summed E-state index contributed by atoms with van der Waals surface area (Å²) >= 11 is 0. The number of aromatic nitrogens is 1. The van der Waals surface area contributed by atoms with Gasteiger partial charge in [0.25, 0.3) is 0 Å². The third-order valence-corrected chi connectivity index (χ3v) is 5.37. The first kappa shape index (κ1) is 21.6. The van der Waals surface area contributed by atoms with Gasteiger partial charge in [0.05, 0.1) is 35.2 Å². The van der Waals surface area contributed by atoms with Crippen LogP contribution in [0.15, 0.2) is 64.6 Å². The number of benzene rings is 2. The summed E-state index contributed by atoms with van der Waals surface area (Å²) in [4.78, 5) is 14.3. The SMILES string of the molecule is CCc1cccc(CC)c1/N=C/c1cccc(/C=N/c2c(CC)cccc2CC)n1. The zero-order valence-electron chi connectivity index (χ0n) is 18.5. The van der Waals surface area contributed by atoms with Crippen LogP contribution in [0.1, 0.15) is 61.3 Å². The second-order valence-electron chi connectivity index (χ2n) is 7.27. The zero-order valence-corrected chi connectivity index (χ0v) is 18.5. The van der Waals surface area contributed by atoms with Crippen molar-refractivity contribution in [3.63, 3.8) is 0 Å². The lowest BCUT2D eigenvalue weighted by Crippen LogP contribution is -1.95. The van der Waals surface area contributed by atoms with Crippen molar-refractivity contribution < 1.29 is 0 Å². The fourth-order valence-electron chi connectivity index (χ4n) is 3.64. The molecule has 3 nitrogen and oxygen atoms in total. The maximum absolute atomic E-state index is 4.80. The van der Waals surface area contributed by atoms with Gasteiger partial charge in [-0.2, -0.15) is 0 Å². The van der Waals surface area contributed by atoms with E-state index in [0.717, 1.165) is 48.4 Å². The molecule has 0 saturated carbocycles.